The lowest BCUT2D eigenvalue weighted by Gasteiger charge is -2.18. The Morgan fingerprint density at radius 3 is 2.70 bits per heavy atom. The predicted octanol–water partition coefficient (Wildman–Crippen LogP) is 3.28. The van der Waals surface area contributed by atoms with E-state index in [0.717, 1.165) is 18.8 Å². The summed E-state index contributed by atoms with van der Waals surface area (Å²) in [7, 11) is 1.97. The first-order valence-corrected chi connectivity index (χ1v) is 8.53. The van der Waals surface area contributed by atoms with Gasteiger partial charge in [0.15, 0.2) is 0 Å². The summed E-state index contributed by atoms with van der Waals surface area (Å²) in [6, 6.07) is 16.4. The van der Waals surface area contributed by atoms with Crippen molar-refractivity contribution < 1.29 is 4.79 Å². The third kappa shape index (κ3) is 4.89. The highest BCUT2D eigenvalue weighted by atomic mass is 16.1. The van der Waals surface area contributed by atoms with Crippen LogP contribution in [0.4, 0.5) is 11.5 Å². The van der Waals surface area contributed by atoms with Crippen molar-refractivity contribution in [1.29, 1.82) is 5.26 Å². The highest BCUT2D eigenvalue weighted by Crippen LogP contribution is 2.14. The molecule has 0 aliphatic rings. The van der Waals surface area contributed by atoms with E-state index in [1.165, 1.54) is 5.56 Å². The highest BCUT2D eigenvalue weighted by molar-refractivity contribution is 6.04. The van der Waals surface area contributed by atoms with Crippen molar-refractivity contribution >= 4 is 17.4 Å². The molecule has 6 nitrogen and oxygen atoms in total. The van der Waals surface area contributed by atoms with E-state index in [1.807, 2.05) is 30.1 Å². The summed E-state index contributed by atoms with van der Waals surface area (Å²) < 4.78 is 0. The predicted molar refractivity (Wildman–Crippen MR) is 105 cm³/mol. The summed E-state index contributed by atoms with van der Waals surface area (Å²) in [5.74, 6) is 0.538. The van der Waals surface area contributed by atoms with E-state index in [-0.39, 0.29) is 5.91 Å². The van der Waals surface area contributed by atoms with Crippen LogP contribution in [-0.2, 0) is 6.42 Å². The van der Waals surface area contributed by atoms with Gasteiger partial charge in [0.2, 0.25) is 0 Å². The van der Waals surface area contributed by atoms with E-state index < -0.39 is 0 Å². The highest BCUT2D eigenvalue weighted by Gasteiger charge is 2.09. The molecule has 0 spiro atoms. The number of likely N-dealkylation sites (N-methyl/N-ethyl adjacent to an activating group) is 1. The Balaban J connectivity index is 1.60. The van der Waals surface area contributed by atoms with Gasteiger partial charge in [-0.1, -0.05) is 6.07 Å². The standard InChI is InChI=1S/C21H19N5O/c1-26(12-9-16-7-10-23-11-8-16)20-6-5-18(15-24-20)21(27)25-19-4-2-3-17(13-19)14-22/h2-8,10-11,13,15H,9,12H2,1H3,(H,25,27). The number of nitrogens with zero attached hydrogens (tertiary/aromatic N) is 4. The molecule has 6 heteroatoms. The summed E-state index contributed by atoms with van der Waals surface area (Å²) in [4.78, 5) is 22.8. The topological polar surface area (TPSA) is 81.9 Å². The minimum atomic E-state index is -0.261. The molecule has 1 amide bonds. The fourth-order valence-electron chi connectivity index (χ4n) is 2.58. The van der Waals surface area contributed by atoms with Crippen molar-refractivity contribution in [3.8, 4) is 6.07 Å². The number of anilines is 2. The van der Waals surface area contributed by atoms with E-state index in [0.29, 0.717) is 16.8 Å². The van der Waals surface area contributed by atoms with E-state index in [2.05, 4.69) is 21.4 Å². The number of rotatable bonds is 6. The molecule has 0 radical (unpaired) electrons. The van der Waals surface area contributed by atoms with Gasteiger partial charge in [0, 0.05) is 37.9 Å². The molecule has 1 aromatic carbocycles. The number of aromatic nitrogens is 2. The lowest BCUT2D eigenvalue weighted by Crippen LogP contribution is -2.21. The second kappa shape index (κ2) is 8.59. The molecular formula is C21H19N5O. The molecule has 0 saturated carbocycles. The van der Waals surface area contributed by atoms with Crippen LogP contribution < -0.4 is 10.2 Å². The van der Waals surface area contributed by atoms with Gasteiger partial charge in [-0.25, -0.2) is 4.98 Å². The zero-order valence-corrected chi connectivity index (χ0v) is 15.0. The van der Waals surface area contributed by atoms with Crippen LogP contribution in [0, 0.1) is 11.3 Å². The maximum Gasteiger partial charge on any atom is 0.257 e. The van der Waals surface area contributed by atoms with Crippen LogP contribution in [0.1, 0.15) is 21.5 Å². The normalized spacial score (nSPS) is 10.1. The minimum absolute atomic E-state index is 0.261. The molecule has 0 aliphatic carbocycles. The van der Waals surface area contributed by atoms with Crippen LogP contribution in [0.5, 0.6) is 0 Å². The van der Waals surface area contributed by atoms with Gasteiger partial charge >= 0.3 is 0 Å². The summed E-state index contributed by atoms with van der Waals surface area (Å²) in [6.07, 6.45) is 6.01. The quantitative estimate of drug-likeness (QED) is 0.732. The van der Waals surface area contributed by atoms with Crippen molar-refractivity contribution in [2.24, 2.45) is 0 Å². The smallest absolute Gasteiger partial charge is 0.257 e. The lowest BCUT2D eigenvalue weighted by atomic mass is 10.2. The van der Waals surface area contributed by atoms with Gasteiger partial charge in [-0.15, -0.1) is 0 Å². The zero-order chi connectivity index (χ0) is 19.1. The molecule has 0 fully saturated rings. The Morgan fingerprint density at radius 2 is 2.00 bits per heavy atom. The first kappa shape index (κ1) is 18.1. The number of carbonyl (C=O) groups excluding carboxylic acids is 1. The van der Waals surface area contributed by atoms with Crippen LogP contribution in [0.25, 0.3) is 0 Å². The molecule has 3 rings (SSSR count). The van der Waals surface area contributed by atoms with Gasteiger partial charge in [0.25, 0.3) is 5.91 Å². The summed E-state index contributed by atoms with van der Waals surface area (Å²) in [6.45, 7) is 0.809. The molecule has 2 aromatic heterocycles. The second-order valence-electron chi connectivity index (χ2n) is 6.08. The molecular weight excluding hydrogens is 338 g/mol. The largest absolute Gasteiger partial charge is 0.359 e. The SMILES string of the molecule is CN(CCc1ccncc1)c1ccc(C(=O)Nc2cccc(C#N)c2)cn1. The molecule has 3 aromatic rings. The summed E-state index contributed by atoms with van der Waals surface area (Å²) in [5, 5.41) is 11.7. The number of nitriles is 1. The van der Waals surface area contributed by atoms with E-state index >= 15 is 0 Å². The molecule has 0 aliphatic heterocycles. The summed E-state index contributed by atoms with van der Waals surface area (Å²) in [5.41, 5.74) is 2.76. The van der Waals surface area contributed by atoms with Crippen molar-refractivity contribution in [2.75, 3.05) is 23.8 Å². The Hall–Kier alpha value is -3.72. The van der Waals surface area contributed by atoms with E-state index in [1.54, 1.807) is 48.9 Å². The van der Waals surface area contributed by atoms with Crippen molar-refractivity contribution in [3.05, 3.63) is 83.8 Å². The maximum atomic E-state index is 12.4. The first-order valence-electron chi connectivity index (χ1n) is 8.53. The lowest BCUT2D eigenvalue weighted by molar-refractivity contribution is 0.102. The number of hydrogen-bond acceptors (Lipinski definition) is 5. The Labute approximate surface area is 158 Å². The summed E-state index contributed by atoms with van der Waals surface area (Å²) >= 11 is 0. The molecule has 1 N–H and O–H groups in total. The number of carbonyl (C=O) groups is 1. The monoisotopic (exact) mass is 357 g/mol. The number of pyridine rings is 2. The van der Waals surface area contributed by atoms with Crippen molar-refractivity contribution in [2.45, 2.75) is 6.42 Å². The fraction of sp³-hybridized carbons (Fsp3) is 0.143. The van der Waals surface area contributed by atoms with Crippen molar-refractivity contribution in [3.63, 3.8) is 0 Å². The minimum Gasteiger partial charge on any atom is -0.359 e. The van der Waals surface area contributed by atoms with Gasteiger partial charge in [-0.05, 0) is 54.4 Å². The fourth-order valence-corrected chi connectivity index (χ4v) is 2.58. The second-order valence-corrected chi connectivity index (χ2v) is 6.08. The van der Waals surface area contributed by atoms with Crippen LogP contribution in [0.15, 0.2) is 67.1 Å². The Kier molecular flexibility index (Phi) is 5.75. The van der Waals surface area contributed by atoms with Crippen LogP contribution in [-0.4, -0.2) is 29.5 Å². The van der Waals surface area contributed by atoms with E-state index in [9.17, 15) is 4.79 Å². The number of amides is 1. The molecule has 0 saturated heterocycles. The average molecular weight is 357 g/mol. The third-order valence-corrected chi connectivity index (χ3v) is 4.14. The van der Waals surface area contributed by atoms with Gasteiger partial charge in [0.1, 0.15) is 5.82 Å². The number of hydrogen-bond donors (Lipinski definition) is 1. The molecule has 0 atom stereocenters. The Morgan fingerprint density at radius 1 is 1.19 bits per heavy atom. The third-order valence-electron chi connectivity index (χ3n) is 4.14. The molecule has 27 heavy (non-hydrogen) atoms. The van der Waals surface area contributed by atoms with Crippen LogP contribution >= 0.6 is 0 Å². The van der Waals surface area contributed by atoms with Gasteiger partial charge in [-0.2, -0.15) is 5.26 Å². The number of nitrogens with one attached hydrogen (secondary N) is 1. The number of benzene rings is 1. The maximum absolute atomic E-state index is 12.4. The van der Waals surface area contributed by atoms with Gasteiger partial charge < -0.3 is 10.2 Å². The van der Waals surface area contributed by atoms with Crippen LogP contribution in [0.3, 0.4) is 0 Å². The van der Waals surface area contributed by atoms with Gasteiger partial charge in [-0.3, -0.25) is 9.78 Å². The molecule has 0 bridgehead atoms. The van der Waals surface area contributed by atoms with Crippen LogP contribution in [0.2, 0.25) is 0 Å². The Bertz CT molecular complexity index is 948. The molecule has 2 heterocycles. The first-order chi connectivity index (χ1) is 13.2. The average Bonchev–Trinajstić information content (AvgIpc) is 2.73. The van der Waals surface area contributed by atoms with Gasteiger partial charge in [0.05, 0.1) is 17.2 Å². The zero-order valence-electron chi connectivity index (χ0n) is 15.0. The van der Waals surface area contributed by atoms with E-state index in [4.69, 9.17) is 5.26 Å². The molecule has 0 unspecified atom stereocenters. The van der Waals surface area contributed by atoms with Crippen molar-refractivity contribution in [1.82, 2.24) is 9.97 Å². The molecule has 134 valence electrons.